The third kappa shape index (κ3) is 2.91. The number of aliphatic carboxylic acids is 1. The van der Waals surface area contributed by atoms with Crippen LogP contribution in [0.3, 0.4) is 0 Å². The fourth-order valence-electron chi connectivity index (χ4n) is 3.11. The van der Waals surface area contributed by atoms with Crippen molar-refractivity contribution < 1.29 is 19.5 Å². The van der Waals surface area contributed by atoms with E-state index in [9.17, 15) is 14.4 Å². The maximum Gasteiger partial charge on any atom is 0.307 e. The van der Waals surface area contributed by atoms with E-state index in [1.165, 1.54) is 0 Å². The summed E-state index contributed by atoms with van der Waals surface area (Å²) in [6.45, 7) is 0.473. The van der Waals surface area contributed by atoms with Gasteiger partial charge in [0.2, 0.25) is 11.8 Å². The highest BCUT2D eigenvalue weighted by atomic mass is 35.5. The zero-order valence-corrected chi connectivity index (χ0v) is 13.1. The molecule has 7 heteroatoms. The second-order valence-corrected chi connectivity index (χ2v) is 6.33. The van der Waals surface area contributed by atoms with Crippen molar-refractivity contribution in [2.45, 2.75) is 25.3 Å². The summed E-state index contributed by atoms with van der Waals surface area (Å²) in [5, 5.41) is 12.2. The van der Waals surface area contributed by atoms with E-state index in [4.69, 9.17) is 16.7 Å². The predicted octanol–water partition coefficient (Wildman–Crippen LogP) is 1.67. The number of carbonyl (C=O) groups excluding carboxylic acids is 2. The first-order valence-electron chi connectivity index (χ1n) is 7.58. The maximum atomic E-state index is 12.5. The van der Waals surface area contributed by atoms with Gasteiger partial charge >= 0.3 is 5.97 Å². The second-order valence-electron chi connectivity index (χ2n) is 5.92. The van der Waals surface area contributed by atoms with E-state index in [0.29, 0.717) is 36.5 Å². The summed E-state index contributed by atoms with van der Waals surface area (Å²) in [6, 6.07) is 6.44. The molecule has 3 unspecified atom stereocenters. The van der Waals surface area contributed by atoms with Gasteiger partial charge in [-0.3, -0.25) is 14.4 Å². The van der Waals surface area contributed by atoms with Crippen LogP contribution >= 0.6 is 11.6 Å². The Morgan fingerprint density at radius 1 is 1.17 bits per heavy atom. The van der Waals surface area contributed by atoms with Crippen LogP contribution < -0.4 is 10.2 Å². The van der Waals surface area contributed by atoms with Crippen LogP contribution in [0.1, 0.15) is 19.3 Å². The molecule has 122 valence electrons. The van der Waals surface area contributed by atoms with Crippen LogP contribution in [0.15, 0.2) is 24.3 Å². The molecule has 1 heterocycles. The average molecular weight is 337 g/mol. The van der Waals surface area contributed by atoms with Gasteiger partial charge in [0.15, 0.2) is 0 Å². The van der Waals surface area contributed by atoms with E-state index in [0.717, 1.165) is 0 Å². The van der Waals surface area contributed by atoms with E-state index in [1.54, 1.807) is 29.2 Å². The van der Waals surface area contributed by atoms with E-state index in [1.807, 2.05) is 0 Å². The van der Waals surface area contributed by atoms with Crippen LogP contribution in [-0.2, 0) is 14.4 Å². The van der Waals surface area contributed by atoms with Crippen molar-refractivity contribution in [3.63, 3.8) is 0 Å². The van der Waals surface area contributed by atoms with Gasteiger partial charge in [-0.25, -0.2) is 0 Å². The maximum absolute atomic E-state index is 12.5. The van der Waals surface area contributed by atoms with E-state index in [-0.39, 0.29) is 11.8 Å². The SMILES string of the molecule is O=C(O)C1CCC1C(=O)NC1CCN(c2ccccc2Cl)C1=O. The zero-order valence-electron chi connectivity index (χ0n) is 12.4. The molecule has 2 fully saturated rings. The first-order chi connectivity index (χ1) is 11.0. The van der Waals surface area contributed by atoms with Gasteiger partial charge in [-0.05, 0) is 31.4 Å². The standard InChI is InChI=1S/C16H17ClN2O4/c17-11-3-1-2-4-13(11)19-8-7-12(15(19)21)18-14(20)9-5-6-10(9)16(22)23/h1-4,9-10,12H,5-8H2,(H,18,20)(H,22,23). The summed E-state index contributed by atoms with van der Waals surface area (Å²) in [5.41, 5.74) is 0.628. The Morgan fingerprint density at radius 2 is 1.87 bits per heavy atom. The molecule has 23 heavy (non-hydrogen) atoms. The van der Waals surface area contributed by atoms with Crippen molar-refractivity contribution in [1.82, 2.24) is 5.32 Å². The number of anilines is 1. The first-order valence-corrected chi connectivity index (χ1v) is 7.96. The quantitative estimate of drug-likeness (QED) is 0.875. The lowest BCUT2D eigenvalue weighted by Gasteiger charge is -2.32. The van der Waals surface area contributed by atoms with Gasteiger partial charge in [-0.1, -0.05) is 23.7 Å². The number of halogens is 1. The summed E-state index contributed by atoms with van der Waals surface area (Å²) >= 11 is 6.11. The number of nitrogens with zero attached hydrogens (tertiary/aromatic N) is 1. The number of carboxylic acids is 1. The minimum atomic E-state index is -0.952. The predicted molar refractivity (Wildman–Crippen MR) is 84.2 cm³/mol. The highest BCUT2D eigenvalue weighted by Crippen LogP contribution is 2.35. The molecule has 2 N–H and O–H groups in total. The molecular weight excluding hydrogens is 320 g/mol. The van der Waals surface area contributed by atoms with Crippen LogP contribution in [0.25, 0.3) is 0 Å². The Balaban J connectivity index is 1.65. The van der Waals surface area contributed by atoms with Crippen molar-refractivity contribution in [3.8, 4) is 0 Å². The number of hydrogen-bond acceptors (Lipinski definition) is 3. The number of hydrogen-bond donors (Lipinski definition) is 2. The Morgan fingerprint density at radius 3 is 2.48 bits per heavy atom. The fraction of sp³-hybridized carbons (Fsp3) is 0.438. The molecule has 1 saturated carbocycles. The number of carbonyl (C=O) groups is 3. The zero-order chi connectivity index (χ0) is 16.6. The lowest BCUT2D eigenvalue weighted by atomic mass is 9.73. The molecule has 2 amide bonds. The molecule has 1 aromatic carbocycles. The molecule has 3 atom stereocenters. The van der Waals surface area contributed by atoms with Crippen molar-refractivity contribution in [2.75, 3.05) is 11.4 Å². The summed E-state index contributed by atoms with van der Waals surface area (Å²) in [4.78, 5) is 37.2. The Bertz CT molecular complexity index is 663. The highest BCUT2D eigenvalue weighted by molar-refractivity contribution is 6.34. The van der Waals surface area contributed by atoms with Crippen molar-refractivity contribution in [2.24, 2.45) is 11.8 Å². The van der Waals surface area contributed by atoms with Crippen LogP contribution in [0.4, 0.5) is 5.69 Å². The first kappa shape index (κ1) is 15.8. The normalized spacial score (nSPS) is 26.7. The molecule has 2 aliphatic rings. The smallest absolute Gasteiger partial charge is 0.307 e. The Labute approximate surface area is 138 Å². The summed E-state index contributed by atoms with van der Waals surface area (Å²) in [6.07, 6.45) is 1.55. The lowest BCUT2D eigenvalue weighted by molar-refractivity contribution is -0.153. The molecule has 0 aromatic heterocycles. The Kier molecular flexibility index (Phi) is 4.26. The van der Waals surface area contributed by atoms with Gasteiger partial charge < -0.3 is 15.3 Å². The van der Waals surface area contributed by atoms with E-state index in [2.05, 4.69) is 5.32 Å². The third-order valence-corrected chi connectivity index (χ3v) is 4.91. The van der Waals surface area contributed by atoms with Crippen LogP contribution in [0.5, 0.6) is 0 Å². The number of nitrogens with one attached hydrogen (secondary N) is 1. The van der Waals surface area contributed by atoms with Crippen molar-refractivity contribution in [3.05, 3.63) is 29.3 Å². The van der Waals surface area contributed by atoms with Crippen LogP contribution in [0, 0.1) is 11.8 Å². The molecule has 0 radical (unpaired) electrons. The van der Waals surface area contributed by atoms with Gasteiger partial charge in [-0.2, -0.15) is 0 Å². The minimum absolute atomic E-state index is 0.211. The number of benzene rings is 1. The molecule has 3 rings (SSSR count). The summed E-state index contributed by atoms with van der Waals surface area (Å²) in [5.74, 6) is -2.67. The fourth-order valence-corrected chi connectivity index (χ4v) is 3.35. The number of carboxylic acid groups (broad SMARTS) is 1. The number of amides is 2. The van der Waals surface area contributed by atoms with Crippen molar-refractivity contribution in [1.29, 1.82) is 0 Å². The molecule has 1 aliphatic carbocycles. The van der Waals surface area contributed by atoms with Crippen molar-refractivity contribution >= 4 is 35.1 Å². The van der Waals surface area contributed by atoms with Gasteiger partial charge in [0.25, 0.3) is 0 Å². The largest absolute Gasteiger partial charge is 0.481 e. The molecule has 6 nitrogen and oxygen atoms in total. The number of para-hydroxylation sites is 1. The number of rotatable bonds is 4. The molecular formula is C16H17ClN2O4. The van der Waals surface area contributed by atoms with E-state index < -0.39 is 23.8 Å². The average Bonchev–Trinajstić information content (AvgIpc) is 2.79. The monoisotopic (exact) mass is 336 g/mol. The van der Waals surface area contributed by atoms with Gasteiger partial charge in [0.1, 0.15) is 6.04 Å². The van der Waals surface area contributed by atoms with Gasteiger partial charge in [-0.15, -0.1) is 0 Å². The molecule has 1 aliphatic heterocycles. The molecule has 0 spiro atoms. The van der Waals surface area contributed by atoms with Gasteiger partial charge in [0, 0.05) is 6.54 Å². The summed E-state index contributed by atoms with van der Waals surface area (Å²) < 4.78 is 0. The van der Waals surface area contributed by atoms with Crippen LogP contribution in [-0.4, -0.2) is 35.5 Å². The van der Waals surface area contributed by atoms with Crippen LogP contribution in [0.2, 0.25) is 5.02 Å². The van der Waals surface area contributed by atoms with E-state index >= 15 is 0 Å². The topological polar surface area (TPSA) is 86.7 Å². The molecule has 1 aromatic rings. The highest BCUT2D eigenvalue weighted by Gasteiger charge is 2.43. The third-order valence-electron chi connectivity index (χ3n) is 4.59. The summed E-state index contributed by atoms with van der Waals surface area (Å²) in [7, 11) is 0. The second kappa shape index (κ2) is 6.20. The minimum Gasteiger partial charge on any atom is -0.481 e. The Hall–Kier alpha value is -2.08. The van der Waals surface area contributed by atoms with Gasteiger partial charge in [0.05, 0.1) is 22.5 Å². The lowest BCUT2D eigenvalue weighted by Crippen LogP contribution is -2.49. The molecule has 0 bridgehead atoms. The molecule has 1 saturated heterocycles.